The first-order chi connectivity index (χ1) is 8.66. The highest BCUT2D eigenvalue weighted by atomic mass is 16.5. The van der Waals surface area contributed by atoms with Crippen LogP contribution in [0.25, 0.3) is 0 Å². The van der Waals surface area contributed by atoms with Crippen molar-refractivity contribution < 1.29 is 4.74 Å². The van der Waals surface area contributed by atoms with Crippen molar-refractivity contribution in [1.29, 1.82) is 0 Å². The average Bonchev–Trinajstić information content (AvgIpc) is 2.37. The molecule has 0 aromatic carbocycles. The van der Waals surface area contributed by atoms with Gasteiger partial charge in [0.2, 0.25) is 0 Å². The molecule has 18 heavy (non-hydrogen) atoms. The van der Waals surface area contributed by atoms with E-state index >= 15 is 0 Å². The summed E-state index contributed by atoms with van der Waals surface area (Å²) >= 11 is 0. The topological polar surface area (TPSA) is 63.7 Å². The highest BCUT2D eigenvalue weighted by Gasteiger charge is 2.17. The van der Waals surface area contributed by atoms with Crippen molar-refractivity contribution in [1.82, 2.24) is 9.88 Å². The molecular weight excluding hydrogens is 228 g/mol. The number of guanidine groups is 1. The summed E-state index contributed by atoms with van der Waals surface area (Å²) in [7, 11) is 0. The van der Waals surface area contributed by atoms with Gasteiger partial charge in [0.05, 0.1) is 24.9 Å². The SMILES string of the molecule is Cc1cccnc1CN=C(N)N1CCOC(C)C1. The van der Waals surface area contributed by atoms with Crippen LogP contribution >= 0.6 is 0 Å². The Balaban J connectivity index is 1.98. The third-order valence-electron chi connectivity index (χ3n) is 3.07. The highest BCUT2D eigenvalue weighted by molar-refractivity contribution is 5.78. The molecule has 98 valence electrons. The molecule has 1 saturated heterocycles. The molecule has 2 heterocycles. The molecule has 0 bridgehead atoms. The molecule has 1 atom stereocenters. The van der Waals surface area contributed by atoms with Gasteiger partial charge in [-0.2, -0.15) is 0 Å². The van der Waals surface area contributed by atoms with Crippen LogP contribution in [0.15, 0.2) is 23.3 Å². The fraction of sp³-hybridized carbons (Fsp3) is 0.538. The van der Waals surface area contributed by atoms with Gasteiger partial charge in [-0.25, -0.2) is 4.99 Å². The summed E-state index contributed by atoms with van der Waals surface area (Å²) in [5.41, 5.74) is 8.12. The number of nitrogens with two attached hydrogens (primary N) is 1. The van der Waals surface area contributed by atoms with Gasteiger partial charge in [0.15, 0.2) is 5.96 Å². The fourth-order valence-electron chi connectivity index (χ4n) is 1.97. The summed E-state index contributed by atoms with van der Waals surface area (Å²) in [5, 5.41) is 0. The first-order valence-corrected chi connectivity index (χ1v) is 6.24. The first kappa shape index (κ1) is 12.8. The third-order valence-corrected chi connectivity index (χ3v) is 3.07. The summed E-state index contributed by atoms with van der Waals surface area (Å²) in [6, 6.07) is 3.96. The van der Waals surface area contributed by atoms with Gasteiger partial charge in [-0.3, -0.25) is 4.98 Å². The van der Waals surface area contributed by atoms with E-state index in [9.17, 15) is 0 Å². The molecule has 5 heteroatoms. The minimum atomic E-state index is 0.212. The Kier molecular flexibility index (Phi) is 4.15. The number of hydrogen-bond acceptors (Lipinski definition) is 3. The summed E-state index contributed by atoms with van der Waals surface area (Å²) < 4.78 is 5.48. The number of aromatic nitrogens is 1. The largest absolute Gasteiger partial charge is 0.375 e. The number of aryl methyl sites for hydroxylation is 1. The zero-order chi connectivity index (χ0) is 13.0. The summed E-state index contributed by atoms with van der Waals surface area (Å²) in [6.07, 6.45) is 1.99. The summed E-state index contributed by atoms with van der Waals surface area (Å²) in [5.74, 6) is 0.579. The van der Waals surface area contributed by atoms with Gasteiger partial charge in [-0.1, -0.05) is 6.07 Å². The normalized spacial score (nSPS) is 21.1. The van der Waals surface area contributed by atoms with E-state index in [1.807, 2.05) is 26.0 Å². The maximum Gasteiger partial charge on any atom is 0.191 e. The maximum absolute atomic E-state index is 6.00. The Labute approximate surface area is 108 Å². The predicted molar refractivity (Wildman–Crippen MR) is 71.3 cm³/mol. The lowest BCUT2D eigenvalue weighted by Crippen LogP contribution is -2.47. The van der Waals surface area contributed by atoms with E-state index in [-0.39, 0.29) is 6.10 Å². The predicted octanol–water partition coefficient (Wildman–Crippen LogP) is 0.925. The highest BCUT2D eigenvalue weighted by Crippen LogP contribution is 2.07. The molecule has 1 aliphatic heterocycles. The molecule has 0 radical (unpaired) electrons. The second kappa shape index (κ2) is 5.82. The second-order valence-electron chi connectivity index (χ2n) is 4.57. The number of hydrogen-bond donors (Lipinski definition) is 1. The Morgan fingerprint density at radius 1 is 1.67 bits per heavy atom. The van der Waals surface area contributed by atoms with Crippen molar-refractivity contribution in [3.8, 4) is 0 Å². The van der Waals surface area contributed by atoms with Crippen LogP contribution in [0, 0.1) is 6.92 Å². The van der Waals surface area contributed by atoms with Crippen LogP contribution in [0.5, 0.6) is 0 Å². The minimum absolute atomic E-state index is 0.212. The monoisotopic (exact) mass is 248 g/mol. The molecule has 1 fully saturated rings. The number of nitrogens with zero attached hydrogens (tertiary/aromatic N) is 3. The Bertz CT molecular complexity index is 433. The van der Waals surface area contributed by atoms with Crippen molar-refractivity contribution in [2.45, 2.75) is 26.5 Å². The summed E-state index contributed by atoms with van der Waals surface area (Å²) in [6.45, 7) is 6.93. The lowest BCUT2D eigenvalue weighted by Gasteiger charge is -2.31. The van der Waals surface area contributed by atoms with Crippen molar-refractivity contribution >= 4 is 5.96 Å². The number of pyridine rings is 1. The van der Waals surface area contributed by atoms with Gasteiger partial charge in [-0.15, -0.1) is 0 Å². The lowest BCUT2D eigenvalue weighted by atomic mass is 10.2. The summed E-state index contributed by atoms with van der Waals surface area (Å²) in [4.78, 5) is 10.8. The van der Waals surface area contributed by atoms with E-state index in [0.717, 1.165) is 24.3 Å². The molecule has 0 saturated carbocycles. The molecule has 1 aromatic rings. The van der Waals surface area contributed by atoms with E-state index in [1.165, 1.54) is 0 Å². The lowest BCUT2D eigenvalue weighted by molar-refractivity contribution is 0.00528. The molecule has 2 rings (SSSR count). The molecule has 0 amide bonds. The van der Waals surface area contributed by atoms with E-state index in [1.54, 1.807) is 6.20 Å². The van der Waals surface area contributed by atoms with Crippen molar-refractivity contribution in [3.05, 3.63) is 29.6 Å². The van der Waals surface area contributed by atoms with Crippen LogP contribution < -0.4 is 5.73 Å². The fourth-order valence-corrected chi connectivity index (χ4v) is 1.97. The molecule has 1 aromatic heterocycles. The van der Waals surface area contributed by atoms with Crippen molar-refractivity contribution in [2.24, 2.45) is 10.7 Å². The van der Waals surface area contributed by atoms with Crippen LogP contribution in [-0.2, 0) is 11.3 Å². The third kappa shape index (κ3) is 3.20. The standard InChI is InChI=1S/C13H20N4O/c1-10-4-3-5-15-12(10)8-16-13(14)17-6-7-18-11(2)9-17/h3-5,11H,6-9H2,1-2H3,(H2,14,16). The maximum atomic E-state index is 6.00. The smallest absolute Gasteiger partial charge is 0.191 e. The molecule has 0 spiro atoms. The van der Waals surface area contributed by atoms with E-state index in [0.29, 0.717) is 19.1 Å². The number of morpholine rings is 1. The van der Waals surface area contributed by atoms with Crippen LogP contribution in [0.4, 0.5) is 0 Å². The first-order valence-electron chi connectivity index (χ1n) is 6.24. The van der Waals surface area contributed by atoms with E-state index < -0.39 is 0 Å². The van der Waals surface area contributed by atoms with E-state index in [2.05, 4.69) is 14.9 Å². The van der Waals surface area contributed by atoms with Gasteiger partial charge in [-0.05, 0) is 25.5 Å². The zero-order valence-electron chi connectivity index (χ0n) is 11.0. The molecule has 1 unspecified atom stereocenters. The van der Waals surface area contributed by atoms with Crippen LogP contribution in [0.1, 0.15) is 18.2 Å². The van der Waals surface area contributed by atoms with Gasteiger partial charge in [0.1, 0.15) is 0 Å². The molecule has 2 N–H and O–H groups in total. The Hall–Kier alpha value is -1.62. The van der Waals surface area contributed by atoms with Crippen LogP contribution in [0.3, 0.4) is 0 Å². The van der Waals surface area contributed by atoms with Gasteiger partial charge in [0.25, 0.3) is 0 Å². The van der Waals surface area contributed by atoms with Crippen molar-refractivity contribution in [3.63, 3.8) is 0 Å². The number of rotatable bonds is 2. The number of ether oxygens (including phenoxy) is 1. The van der Waals surface area contributed by atoms with Crippen LogP contribution in [-0.4, -0.2) is 41.6 Å². The van der Waals surface area contributed by atoms with Gasteiger partial charge >= 0.3 is 0 Å². The Morgan fingerprint density at radius 2 is 2.50 bits per heavy atom. The van der Waals surface area contributed by atoms with Gasteiger partial charge in [0, 0.05) is 19.3 Å². The second-order valence-corrected chi connectivity index (χ2v) is 4.57. The van der Waals surface area contributed by atoms with E-state index in [4.69, 9.17) is 10.5 Å². The zero-order valence-corrected chi connectivity index (χ0v) is 11.0. The van der Waals surface area contributed by atoms with Crippen LogP contribution in [0.2, 0.25) is 0 Å². The van der Waals surface area contributed by atoms with Gasteiger partial charge < -0.3 is 15.4 Å². The number of aliphatic imine (C=N–C) groups is 1. The Morgan fingerprint density at radius 3 is 3.22 bits per heavy atom. The quantitative estimate of drug-likeness (QED) is 0.624. The average molecular weight is 248 g/mol. The molecule has 5 nitrogen and oxygen atoms in total. The van der Waals surface area contributed by atoms with Crippen molar-refractivity contribution in [2.75, 3.05) is 19.7 Å². The molecule has 0 aliphatic carbocycles. The molecular formula is C13H20N4O. The minimum Gasteiger partial charge on any atom is -0.375 e. The molecule has 1 aliphatic rings.